The van der Waals surface area contributed by atoms with Gasteiger partial charge >= 0.3 is 48.3 Å². The Morgan fingerprint density at radius 3 is 2.00 bits per heavy atom. The van der Waals surface area contributed by atoms with Gasteiger partial charge in [-0.1, -0.05) is 0 Å². The van der Waals surface area contributed by atoms with Crippen LogP contribution in [0, 0.1) is 0 Å². The molecular formula is C4H9NTe. The van der Waals surface area contributed by atoms with Gasteiger partial charge in [0, 0.05) is 0 Å². The van der Waals surface area contributed by atoms with E-state index in [2.05, 4.69) is 5.32 Å². The zero-order valence-electron chi connectivity index (χ0n) is 3.74. The van der Waals surface area contributed by atoms with Crippen molar-refractivity contribution < 1.29 is 0 Å². The molecule has 6 heavy (non-hydrogen) atoms. The fourth-order valence-electron chi connectivity index (χ4n) is 0.516. The maximum atomic E-state index is 3.32. The molecular weight excluding hydrogens is 190 g/mol. The fourth-order valence-corrected chi connectivity index (χ4v) is 2.75. The van der Waals surface area contributed by atoms with Crippen LogP contribution in [0.2, 0.25) is 8.94 Å². The first-order chi connectivity index (χ1) is 3.00. The van der Waals surface area contributed by atoms with Gasteiger partial charge in [-0.15, -0.1) is 0 Å². The van der Waals surface area contributed by atoms with Gasteiger partial charge in [0.05, 0.1) is 0 Å². The Morgan fingerprint density at radius 2 is 1.83 bits per heavy atom. The van der Waals surface area contributed by atoms with Gasteiger partial charge in [-0.25, -0.2) is 0 Å². The molecule has 0 radical (unpaired) electrons. The second-order valence-corrected chi connectivity index (χ2v) is 4.86. The molecule has 1 rings (SSSR count). The summed E-state index contributed by atoms with van der Waals surface area (Å²) in [6.07, 6.45) is 0. The molecule has 0 amide bonds. The van der Waals surface area contributed by atoms with Crippen LogP contribution in [0.3, 0.4) is 0 Å². The summed E-state index contributed by atoms with van der Waals surface area (Å²) in [6.45, 7) is 2.62. The minimum atomic E-state index is 0.509. The van der Waals surface area contributed by atoms with Crippen molar-refractivity contribution in [1.82, 2.24) is 5.32 Å². The van der Waals surface area contributed by atoms with Gasteiger partial charge in [0.15, 0.2) is 0 Å². The van der Waals surface area contributed by atoms with E-state index in [1.807, 2.05) is 0 Å². The summed E-state index contributed by atoms with van der Waals surface area (Å²) in [7, 11) is 0. The molecule has 0 aromatic carbocycles. The normalized spacial score (nSPS) is 24.0. The van der Waals surface area contributed by atoms with Crippen LogP contribution >= 0.6 is 0 Å². The van der Waals surface area contributed by atoms with Crippen LogP contribution in [0.5, 0.6) is 0 Å². The first-order valence-electron chi connectivity index (χ1n) is 2.28. The second kappa shape index (κ2) is 2.85. The Hall–Kier alpha value is 0.750. The first-order valence-corrected chi connectivity index (χ1v) is 5.58. The van der Waals surface area contributed by atoms with Crippen molar-refractivity contribution in [1.29, 1.82) is 0 Å². The van der Waals surface area contributed by atoms with Crippen LogP contribution in [0.15, 0.2) is 0 Å². The van der Waals surface area contributed by atoms with Crippen LogP contribution in [-0.2, 0) is 0 Å². The zero-order chi connectivity index (χ0) is 4.24. The van der Waals surface area contributed by atoms with Crippen LogP contribution < -0.4 is 5.32 Å². The predicted octanol–water partition coefficient (Wildman–Crippen LogP) is 0.130. The van der Waals surface area contributed by atoms with Crippen LogP contribution in [0.4, 0.5) is 0 Å². The third-order valence-electron chi connectivity index (χ3n) is 0.846. The number of hydrogen-bond donors (Lipinski definition) is 1. The molecule has 0 aromatic heterocycles. The fraction of sp³-hybridized carbons (Fsp3) is 1.00. The number of nitrogens with one attached hydrogen (secondary N) is 1. The first kappa shape index (κ1) is 4.90. The van der Waals surface area contributed by atoms with E-state index >= 15 is 0 Å². The Kier molecular flexibility index (Phi) is 2.32. The van der Waals surface area contributed by atoms with Crippen LogP contribution in [-0.4, -0.2) is 34.0 Å². The number of hydrogen-bond acceptors (Lipinski definition) is 1. The van der Waals surface area contributed by atoms with Gasteiger partial charge < -0.3 is 0 Å². The molecule has 0 saturated carbocycles. The SMILES string of the molecule is C1C[Te]CCN1. The Morgan fingerprint density at radius 1 is 1.17 bits per heavy atom. The van der Waals surface area contributed by atoms with E-state index in [-0.39, 0.29) is 0 Å². The molecule has 1 fully saturated rings. The van der Waals surface area contributed by atoms with Gasteiger partial charge in [0.1, 0.15) is 0 Å². The van der Waals surface area contributed by atoms with E-state index < -0.39 is 0 Å². The third kappa shape index (κ3) is 1.47. The summed E-state index contributed by atoms with van der Waals surface area (Å²) in [4.78, 5) is 0. The molecule has 2 heteroatoms. The molecule has 1 heterocycles. The molecule has 36 valence electrons. The monoisotopic (exact) mass is 201 g/mol. The maximum absolute atomic E-state index is 3.32. The van der Waals surface area contributed by atoms with Gasteiger partial charge in [0.25, 0.3) is 0 Å². The van der Waals surface area contributed by atoms with E-state index in [9.17, 15) is 0 Å². The zero-order valence-corrected chi connectivity index (χ0v) is 6.07. The molecule has 1 N–H and O–H groups in total. The summed E-state index contributed by atoms with van der Waals surface area (Å²) >= 11 is 0.509. The molecule has 0 spiro atoms. The minimum absolute atomic E-state index is 0.509. The average molecular weight is 199 g/mol. The Balaban J connectivity index is 2.00. The van der Waals surface area contributed by atoms with E-state index in [4.69, 9.17) is 0 Å². The summed E-state index contributed by atoms with van der Waals surface area (Å²) in [5.74, 6) is 0. The molecule has 0 aromatic rings. The Bertz CT molecular complexity index is 23.0. The topological polar surface area (TPSA) is 12.0 Å². The van der Waals surface area contributed by atoms with E-state index in [1.165, 1.54) is 22.0 Å². The quantitative estimate of drug-likeness (QED) is 0.546. The number of rotatable bonds is 0. The summed E-state index contributed by atoms with van der Waals surface area (Å²) in [5, 5.41) is 3.32. The van der Waals surface area contributed by atoms with Crippen molar-refractivity contribution in [3.8, 4) is 0 Å². The molecule has 1 saturated heterocycles. The van der Waals surface area contributed by atoms with Crippen LogP contribution in [0.1, 0.15) is 0 Å². The van der Waals surface area contributed by atoms with Gasteiger partial charge in [-0.3, -0.25) is 0 Å². The van der Waals surface area contributed by atoms with Crippen LogP contribution in [0.25, 0.3) is 0 Å². The molecule has 0 atom stereocenters. The van der Waals surface area contributed by atoms with Gasteiger partial charge in [-0.05, 0) is 0 Å². The average Bonchev–Trinajstić information content (AvgIpc) is 1.72. The third-order valence-corrected chi connectivity index (χ3v) is 3.66. The predicted molar refractivity (Wildman–Crippen MR) is 28.2 cm³/mol. The molecule has 1 aliphatic heterocycles. The van der Waals surface area contributed by atoms with E-state index in [0.29, 0.717) is 20.9 Å². The summed E-state index contributed by atoms with van der Waals surface area (Å²) < 4.78 is 3.04. The van der Waals surface area contributed by atoms with Crippen molar-refractivity contribution in [3.05, 3.63) is 0 Å². The van der Waals surface area contributed by atoms with E-state index in [1.54, 1.807) is 0 Å². The van der Waals surface area contributed by atoms with Crippen molar-refractivity contribution in [3.63, 3.8) is 0 Å². The molecule has 0 bridgehead atoms. The Labute approximate surface area is 48.6 Å². The molecule has 0 unspecified atom stereocenters. The standard InChI is InChI=1S/C4H9NTe/c1-3-6-4-2-5-1/h5H,1-4H2. The molecule has 0 aliphatic carbocycles. The summed E-state index contributed by atoms with van der Waals surface area (Å²) in [5.41, 5.74) is 0. The molecule has 1 nitrogen and oxygen atoms in total. The van der Waals surface area contributed by atoms with Crippen molar-refractivity contribution in [2.75, 3.05) is 13.1 Å². The van der Waals surface area contributed by atoms with Crippen molar-refractivity contribution in [2.45, 2.75) is 8.94 Å². The van der Waals surface area contributed by atoms with Crippen molar-refractivity contribution >= 4 is 20.9 Å². The summed E-state index contributed by atoms with van der Waals surface area (Å²) in [6, 6.07) is 0. The van der Waals surface area contributed by atoms with Gasteiger partial charge in [0.2, 0.25) is 0 Å². The molecule has 1 aliphatic rings. The van der Waals surface area contributed by atoms with E-state index in [0.717, 1.165) is 0 Å². The van der Waals surface area contributed by atoms with Gasteiger partial charge in [-0.2, -0.15) is 0 Å². The van der Waals surface area contributed by atoms with Crippen molar-refractivity contribution in [2.24, 2.45) is 0 Å². The second-order valence-electron chi connectivity index (χ2n) is 1.36.